The third-order valence-electron chi connectivity index (χ3n) is 10.3. The van der Waals surface area contributed by atoms with Crippen molar-refractivity contribution in [3.8, 4) is 57.5 Å². The minimum absolute atomic E-state index is 0.00984. The maximum absolute atomic E-state index is 10.4. The number of benzene rings is 5. The maximum atomic E-state index is 10.4. The number of ether oxygens (including phenoxy) is 2. The third-order valence-corrected chi connectivity index (χ3v) is 10.3. The van der Waals surface area contributed by atoms with Gasteiger partial charge in [0.2, 0.25) is 0 Å². The molecular formula is C57H82O12. The second-order valence-corrected chi connectivity index (χ2v) is 21.7. The molecule has 0 aliphatic rings. The van der Waals surface area contributed by atoms with Crippen LogP contribution in [0.15, 0.2) is 78.9 Å². The molecule has 0 aliphatic carbocycles. The molecule has 8 N–H and O–H groups in total. The Hall–Kier alpha value is -6.52. The molecule has 5 aromatic carbocycles. The number of hydrogen-bond donors (Lipinski definition) is 8. The van der Waals surface area contributed by atoms with E-state index in [1.54, 1.807) is 50.6 Å². The van der Waals surface area contributed by atoms with Crippen LogP contribution in [0.5, 0.6) is 57.5 Å². The van der Waals surface area contributed by atoms with Gasteiger partial charge in [-0.15, -0.1) is 0 Å². The molecule has 5 rings (SSSR count). The van der Waals surface area contributed by atoms with Crippen LogP contribution in [0.4, 0.5) is 0 Å². The molecule has 12 nitrogen and oxygen atoms in total. The number of phenols is 8. The summed E-state index contributed by atoms with van der Waals surface area (Å²) in [5.74, 6) is 2.13. The average molecular weight is 959 g/mol. The summed E-state index contributed by atoms with van der Waals surface area (Å²) in [5.41, 5.74) is 6.58. The molecule has 0 fully saturated rings. The van der Waals surface area contributed by atoms with Crippen molar-refractivity contribution < 1.29 is 59.9 Å². The lowest BCUT2D eigenvalue weighted by Gasteiger charge is -2.27. The van der Waals surface area contributed by atoms with Gasteiger partial charge in [-0.25, -0.2) is 0 Å². The Labute approximate surface area is 411 Å². The van der Waals surface area contributed by atoms with E-state index in [1.807, 2.05) is 33.8 Å². The Morgan fingerprint density at radius 2 is 0.797 bits per heavy atom. The van der Waals surface area contributed by atoms with Crippen molar-refractivity contribution in [2.75, 3.05) is 14.2 Å². The summed E-state index contributed by atoms with van der Waals surface area (Å²) in [6.07, 6.45) is 1.96. The Morgan fingerprint density at radius 3 is 1.14 bits per heavy atom. The number of aryl methyl sites for hydroxylation is 2. The molecule has 0 radical (unpaired) electrons. The van der Waals surface area contributed by atoms with E-state index >= 15 is 0 Å². The summed E-state index contributed by atoms with van der Waals surface area (Å²) in [6.45, 7) is 35.3. The highest BCUT2D eigenvalue weighted by atomic mass is 16.5. The summed E-state index contributed by atoms with van der Waals surface area (Å²) in [5, 5.41) is 75.2. The summed E-state index contributed by atoms with van der Waals surface area (Å²) >= 11 is 0. The molecule has 0 saturated carbocycles. The van der Waals surface area contributed by atoms with E-state index in [1.165, 1.54) is 29.8 Å². The minimum atomic E-state index is -0.449. The first-order valence-electron chi connectivity index (χ1n) is 22.8. The van der Waals surface area contributed by atoms with E-state index in [-0.39, 0.29) is 62.0 Å². The molecule has 12 heteroatoms. The van der Waals surface area contributed by atoms with E-state index in [4.69, 9.17) is 34.4 Å². The average Bonchev–Trinajstić information content (AvgIpc) is 3.21. The van der Waals surface area contributed by atoms with Gasteiger partial charge in [0.25, 0.3) is 0 Å². The second kappa shape index (κ2) is 26.3. The van der Waals surface area contributed by atoms with Gasteiger partial charge in [0.05, 0.1) is 14.2 Å². The van der Waals surface area contributed by atoms with Crippen molar-refractivity contribution in [2.24, 2.45) is 0 Å². The van der Waals surface area contributed by atoms with Gasteiger partial charge in [0.15, 0.2) is 17.2 Å². The zero-order valence-electron chi connectivity index (χ0n) is 44.6. The van der Waals surface area contributed by atoms with Crippen LogP contribution in [0.3, 0.4) is 0 Å². The van der Waals surface area contributed by atoms with Crippen molar-refractivity contribution in [3.05, 3.63) is 118 Å². The van der Waals surface area contributed by atoms with Gasteiger partial charge in [-0.2, -0.15) is 9.59 Å². The molecule has 0 heterocycles. The summed E-state index contributed by atoms with van der Waals surface area (Å²) in [6, 6.07) is 22.1. The zero-order chi connectivity index (χ0) is 54.0. The highest BCUT2D eigenvalue weighted by molar-refractivity contribution is 5.52. The monoisotopic (exact) mass is 959 g/mol. The predicted octanol–water partition coefficient (Wildman–Crippen LogP) is 13.3. The van der Waals surface area contributed by atoms with E-state index in [2.05, 4.69) is 102 Å². The summed E-state index contributed by atoms with van der Waals surface area (Å²) in [7, 11) is 3.26. The van der Waals surface area contributed by atoms with E-state index in [0.29, 0.717) is 11.5 Å². The molecule has 0 saturated heterocycles. The van der Waals surface area contributed by atoms with Crippen LogP contribution in [0.2, 0.25) is 0 Å². The molecule has 0 amide bonds. The largest absolute Gasteiger partial charge is 0.508 e. The molecule has 0 unspecified atom stereocenters. The topological polar surface area (TPSA) is 214 Å². The maximum Gasteiger partial charge on any atom is 0.373 e. The fourth-order valence-corrected chi connectivity index (χ4v) is 6.67. The van der Waals surface area contributed by atoms with Gasteiger partial charge in [-0.05, 0) is 124 Å². The third kappa shape index (κ3) is 21.1. The Balaban J connectivity index is 0.000000828. The Kier molecular flexibility index (Phi) is 23.8. The van der Waals surface area contributed by atoms with Gasteiger partial charge >= 0.3 is 6.15 Å². The number of phenolic OH excluding ortho intramolecular Hbond substituents is 8. The zero-order valence-corrected chi connectivity index (χ0v) is 44.6. The van der Waals surface area contributed by atoms with E-state index in [9.17, 15) is 25.5 Å². The van der Waals surface area contributed by atoms with Crippen molar-refractivity contribution in [2.45, 2.75) is 158 Å². The standard InChI is InChI=1S/C15H24O.2C11H16O2.C10H14O2.C9H12O3.CO2/c1-10-8-11(14(2,3)4)13(16)12(9-10)15(5,6)7;1-11(2,3)9-7-8(13-4)5-6-10(9)12;1-11(2,3)9-7-8(12)5-6-10(9)13-4;1-10(2,3)8-6-7(11)4-5-9(8)12;1-2-3-6-4-7(10)9(12)8(11)5-6;2-1-3/h8-9,16H,1-7H3;2*5-7,12H,1-4H3;4-6,11-12H,1-3H3;4-5,10-12H,2-3H2,1H3;. The van der Waals surface area contributed by atoms with Crippen LogP contribution >= 0.6 is 0 Å². The SMILES string of the molecule is CC(C)(C)c1cc(O)ccc1O.CCCc1cc(O)c(O)c(O)c1.COc1ccc(O)c(C(C)(C)C)c1.COc1ccc(O)cc1C(C)(C)C.Cc1cc(C(C)(C)C)c(O)c(C(C)(C)C)c1.O=C=O. The van der Waals surface area contributed by atoms with Crippen LogP contribution in [0, 0.1) is 6.92 Å². The molecular weight excluding hydrogens is 877 g/mol. The fourth-order valence-electron chi connectivity index (χ4n) is 6.67. The lowest BCUT2D eigenvalue weighted by atomic mass is 9.78. The molecule has 0 atom stereocenters. The second-order valence-electron chi connectivity index (χ2n) is 21.7. The van der Waals surface area contributed by atoms with Gasteiger partial charge in [0.1, 0.15) is 40.2 Å². The molecule has 69 heavy (non-hydrogen) atoms. The van der Waals surface area contributed by atoms with Crippen molar-refractivity contribution in [1.29, 1.82) is 0 Å². The number of carbonyl (C=O) groups excluding carboxylic acids is 2. The highest BCUT2D eigenvalue weighted by Crippen LogP contribution is 2.40. The Bertz CT molecular complexity index is 2350. The van der Waals surface area contributed by atoms with E-state index < -0.39 is 5.75 Å². The minimum Gasteiger partial charge on any atom is -0.508 e. The van der Waals surface area contributed by atoms with E-state index in [0.717, 1.165) is 57.7 Å². The molecule has 5 aromatic rings. The molecule has 0 aromatic heterocycles. The molecule has 0 bridgehead atoms. The molecule has 0 spiro atoms. The van der Waals surface area contributed by atoms with Gasteiger partial charge in [0, 0.05) is 16.7 Å². The van der Waals surface area contributed by atoms with Gasteiger partial charge in [-0.3, -0.25) is 0 Å². The number of aromatic hydroxyl groups is 8. The summed E-state index contributed by atoms with van der Waals surface area (Å²) < 4.78 is 10.3. The van der Waals surface area contributed by atoms with Crippen LogP contribution < -0.4 is 9.47 Å². The van der Waals surface area contributed by atoms with Crippen molar-refractivity contribution in [3.63, 3.8) is 0 Å². The predicted molar refractivity (Wildman–Crippen MR) is 276 cm³/mol. The first-order chi connectivity index (χ1) is 31.4. The van der Waals surface area contributed by atoms with Crippen LogP contribution in [0.1, 0.15) is 156 Å². The van der Waals surface area contributed by atoms with Gasteiger partial charge < -0.3 is 50.3 Å². The lowest BCUT2D eigenvalue weighted by molar-refractivity contribution is -0.191. The fraction of sp³-hybridized carbons (Fsp3) is 0.456. The molecule has 0 aliphatic heterocycles. The van der Waals surface area contributed by atoms with Crippen molar-refractivity contribution in [1.82, 2.24) is 0 Å². The number of hydrogen-bond acceptors (Lipinski definition) is 12. The van der Waals surface area contributed by atoms with Crippen LogP contribution in [-0.4, -0.2) is 61.2 Å². The normalized spacial score (nSPS) is 11.2. The summed E-state index contributed by atoms with van der Waals surface area (Å²) in [4.78, 5) is 16.2. The first-order valence-corrected chi connectivity index (χ1v) is 22.8. The van der Waals surface area contributed by atoms with Gasteiger partial charge in [-0.1, -0.05) is 135 Å². The van der Waals surface area contributed by atoms with Crippen LogP contribution in [-0.2, 0) is 43.1 Å². The Morgan fingerprint density at radius 1 is 0.435 bits per heavy atom. The van der Waals surface area contributed by atoms with Crippen LogP contribution in [0.25, 0.3) is 0 Å². The quantitative estimate of drug-likeness (QED) is 0.0624. The lowest BCUT2D eigenvalue weighted by Crippen LogP contribution is -2.17. The van der Waals surface area contributed by atoms with Crippen molar-refractivity contribution >= 4 is 6.15 Å². The number of methoxy groups -OCH3 is 2. The molecule has 382 valence electrons. The first kappa shape index (κ1) is 62.5. The highest BCUT2D eigenvalue weighted by Gasteiger charge is 2.26. The smallest absolute Gasteiger partial charge is 0.373 e. The number of rotatable bonds is 4.